The topological polar surface area (TPSA) is 60.0 Å². The van der Waals surface area contributed by atoms with Crippen LogP contribution < -0.4 is 5.73 Å². The van der Waals surface area contributed by atoms with E-state index in [0.29, 0.717) is 13.1 Å². The van der Waals surface area contributed by atoms with Gasteiger partial charge in [-0.1, -0.05) is 35.0 Å². The number of benzene rings is 1. The van der Waals surface area contributed by atoms with Crippen molar-refractivity contribution < 1.29 is 0 Å². The Balaban J connectivity index is 2.03. The molecule has 5 nitrogen and oxygen atoms in total. The maximum absolute atomic E-state index is 6.24. The van der Waals surface area contributed by atoms with Crippen LogP contribution in [-0.2, 0) is 13.1 Å². The molecular formula is C14H20ClN5. The van der Waals surface area contributed by atoms with Gasteiger partial charge < -0.3 is 5.73 Å². The number of rotatable bonds is 6. The average Bonchev–Trinajstić information content (AvgIpc) is 2.86. The molecule has 0 saturated carbocycles. The van der Waals surface area contributed by atoms with E-state index in [1.807, 2.05) is 24.4 Å². The molecule has 1 atom stereocenters. The fraction of sp³-hybridized carbons (Fsp3) is 0.429. The fourth-order valence-electron chi connectivity index (χ4n) is 2.10. The predicted octanol–water partition coefficient (Wildman–Crippen LogP) is 2.08. The third kappa shape index (κ3) is 3.56. The Morgan fingerprint density at radius 2 is 2.15 bits per heavy atom. The molecular weight excluding hydrogens is 274 g/mol. The van der Waals surface area contributed by atoms with Crippen LogP contribution in [0.2, 0.25) is 5.02 Å². The van der Waals surface area contributed by atoms with E-state index >= 15 is 0 Å². The van der Waals surface area contributed by atoms with Crippen LogP contribution in [-0.4, -0.2) is 33.5 Å². The molecule has 0 radical (unpaired) electrons. The summed E-state index contributed by atoms with van der Waals surface area (Å²) >= 11 is 6.24. The summed E-state index contributed by atoms with van der Waals surface area (Å²) in [4.78, 5) is 2.19. The Bertz CT molecular complexity index is 554. The first-order valence-corrected chi connectivity index (χ1v) is 7.03. The zero-order valence-electron chi connectivity index (χ0n) is 11.8. The molecule has 2 aromatic rings. The number of hydrogen-bond acceptors (Lipinski definition) is 4. The Kier molecular flexibility index (Phi) is 5.11. The van der Waals surface area contributed by atoms with E-state index < -0.39 is 0 Å². The molecule has 0 saturated heterocycles. The van der Waals surface area contributed by atoms with Crippen LogP contribution in [0.1, 0.15) is 24.2 Å². The molecule has 2 N–H and O–H groups in total. The van der Waals surface area contributed by atoms with Crippen molar-refractivity contribution in [1.82, 2.24) is 19.9 Å². The van der Waals surface area contributed by atoms with Crippen molar-refractivity contribution in [2.75, 3.05) is 13.6 Å². The van der Waals surface area contributed by atoms with Gasteiger partial charge in [0.2, 0.25) is 0 Å². The first kappa shape index (κ1) is 15.0. The molecule has 0 bridgehead atoms. The van der Waals surface area contributed by atoms with Gasteiger partial charge in [0.25, 0.3) is 0 Å². The van der Waals surface area contributed by atoms with Gasteiger partial charge in [0, 0.05) is 30.4 Å². The summed E-state index contributed by atoms with van der Waals surface area (Å²) in [5, 5.41) is 8.99. The van der Waals surface area contributed by atoms with Gasteiger partial charge in [0.1, 0.15) is 0 Å². The van der Waals surface area contributed by atoms with Crippen molar-refractivity contribution in [3.63, 3.8) is 0 Å². The number of hydrogen-bond donors (Lipinski definition) is 1. The summed E-state index contributed by atoms with van der Waals surface area (Å²) in [5.74, 6) is 0. The first-order chi connectivity index (χ1) is 9.61. The predicted molar refractivity (Wildman–Crippen MR) is 80.4 cm³/mol. The van der Waals surface area contributed by atoms with E-state index in [1.54, 1.807) is 4.68 Å². The third-order valence-electron chi connectivity index (χ3n) is 3.37. The Hall–Kier alpha value is -1.43. The van der Waals surface area contributed by atoms with Crippen LogP contribution in [0.25, 0.3) is 0 Å². The van der Waals surface area contributed by atoms with Gasteiger partial charge in [-0.25, -0.2) is 0 Å². The van der Waals surface area contributed by atoms with Crippen molar-refractivity contribution in [3.8, 4) is 0 Å². The number of nitrogens with zero attached hydrogens (tertiary/aromatic N) is 4. The van der Waals surface area contributed by atoms with E-state index in [9.17, 15) is 0 Å². The summed E-state index contributed by atoms with van der Waals surface area (Å²) in [5.41, 5.74) is 7.55. The third-order valence-corrected chi connectivity index (χ3v) is 3.72. The van der Waals surface area contributed by atoms with Gasteiger partial charge in [-0.05, 0) is 25.6 Å². The maximum Gasteiger partial charge on any atom is 0.0967 e. The molecule has 1 heterocycles. The minimum Gasteiger partial charge on any atom is -0.329 e. The molecule has 2 rings (SSSR count). The molecule has 0 amide bonds. The fourth-order valence-corrected chi connectivity index (χ4v) is 2.39. The Morgan fingerprint density at radius 3 is 2.85 bits per heavy atom. The Morgan fingerprint density at radius 1 is 1.40 bits per heavy atom. The largest absolute Gasteiger partial charge is 0.329 e. The molecule has 108 valence electrons. The highest BCUT2D eigenvalue weighted by molar-refractivity contribution is 6.31. The smallest absolute Gasteiger partial charge is 0.0967 e. The lowest BCUT2D eigenvalue weighted by atomic mass is 10.1. The summed E-state index contributed by atoms with van der Waals surface area (Å²) in [6, 6.07) is 8.12. The maximum atomic E-state index is 6.24. The van der Waals surface area contributed by atoms with E-state index in [0.717, 1.165) is 22.8 Å². The molecule has 0 fully saturated rings. The summed E-state index contributed by atoms with van der Waals surface area (Å²) in [6.45, 7) is 4.11. The molecule has 6 heteroatoms. The SMILES string of the molecule is CC(c1ccccc1Cl)N(C)Cc1cn(CCN)nn1. The second-order valence-electron chi connectivity index (χ2n) is 4.87. The van der Waals surface area contributed by atoms with Gasteiger partial charge in [-0.3, -0.25) is 9.58 Å². The van der Waals surface area contributed by atoms with E-state index in [1.165, 1.54) is 0 Å². The number of nitrogens with two attached hydrogens (primary N) is 1. The van der Waals surface area contributed by atoms with Crippen LogP contribution in [0.5, 0.6) is 0 Å². The number of halogens is 1. The van der Waals surface area contributed by atoms with Gasteiger partial charge in [-0.2, -0.15) is 0 Å². The molecule has 0 spiro atoms. The van der Waals surface area contributed by atoms with Crippen LogP contribution in [0.4, 0.5) is 0 Å². The lowest BCUT2D eigenvalue weighted by molar-refractivity contribution is 0.250. The minimum absolute atomic E-state index is 0.211. The van der Waals surface area contributed by atoms with E-state index in [-0.39, 0.29) is 6.04 Å². The van der Waals surface area contributed by atoms with Crippen molar-refractivity contribution in [1.29, 1.82) is 0 Å². The zero-order valence-corrected chi connectivity index (χ0v) is 12.6. The molecule has 0 aliphatic carbocycles. The zero-order chi connectivity index (χ0) is 14.5. The second-order valence-corrected chi connectivity index (χ2v) is 5.28. The van der Waals surface area contributed by atoms with Crippen LogP contribution in [0.3, 0.4) is 0 Å². The summed E-state index contributed by atoms with van der Waals surface area (Å²) in [7, 11) is 2.05. The van der Waals surface area contributed by atoms with Gasteiger partial charge in [0.15, 0.2) is 0 Å². The average molecular weight is 294 g/mol. The first-order valence-electron chi connectivity index (χ1n) is 6.65. The lowest BCUT2D eigenvalue weighted by Gasteiger charge is -2.24. The van der Waals surface area contributed by atoms with Gasteiger partial charge >= 0.3 is 0 Å². The normalized spacial score (nSPS) is 12.8. The Labute approximate surface area is 124 Å². The lowest BCUT2D eigenvalue weighted by Crippen LogP contribution is -2.22. The summed E-state index contributed by atoms with van der Waals surface area (Å²) < 4.78 is 1.77. The van der Waals surface area contributed by atoms with Crippen molar-refractivity contribution in [2.45, 2.75) is 26.1 Å². The number of aromatic nitrogens is 3. The molecule has 1 unspecified atom stereocenters. The highest BCUT2D eigenvalue weighted by Crippen LogP contribution is 2.26. The van der Waals surface area contributed by atoms with E-state index in [4.69, 9.17) is 17.3 Å². The van der Waals surface area contributed by atoms with Gasteiger partial charge in [0.05, 0.1) is 12.2 Å². The molecule has 20 heavy (non-hydrogen) atoms. The molecule has 1 aromatic heterocycles. The van der Waals surface area contributed by atoms with Crippen molar-refractivity contribution in [2.24, 2.45) is 5.73 Å². The van der Waals surface area contributed by atoms with Crippen LogP contribution in [0.15, 0.2) is 30.5 Å². The minimum atomic E-state index is 0.211. The van der Waals surface area contributed by atoms with Crippen LogP contribution >= 0.6 is 11.6 Å². The second kappa shape index (κ2) is 6.83. The van der Waals surface area contributed by atoms with Crippen LogP contribution in [0, 0.1) is 0 Å². The molecule has 1 aromatic carbocycles. The van der Waals surface area contributed by atoms with E-state index in [2.05, 4.69) is 35.2 Å². The summed E-state index contributed by atoms with van der Waals surface area (Å²) in [6.07, 6.45) is 1.93. The van der Waals surface area contributed by atoms with Crippen molar-refractivity contribution in [3.05, 3.63) is 46.7 Å². The standard InChI is InChI=1S/C14H20ClN5/c1-11(13-5-3-4-6-14(13)15)19(2)9-12-10-20(8-7-16)18-17-12/h3-6,10-11H,7-9,16H2,1-2H3. The van der Waals surface area contributed by atoms with Gasteiger partial charge in [-0.15, -0.1) is 5.10 Å². The van der Waals surface area contributed by atoms with Crippen molar-refractivity contribution >= 4 is 11.6 Å². The molecule has 0 aliphatic heterocycles. The molecule has 0 aliphatic rings. The quantitative estimate of drug-likeness (QED) is 0.886. The highest BCUT2D eigenvalue weighted by Gasteiger charge is 2.15. The monoisotopic (exact) mass is 293 g/mol. The highest BCUT2D eigenvalue weighted by atomic mass is 35.5.